The third-order valence-electron chi connectivity index (χ3n) is 3.63. The van der Waals surface area contributed by atoms with Crippen LogP contribution in [0.2, 0.25) is 0 Å². The first-order valence-corrected chi connectivity index (χ1v) is 6.91. The van der Waals surface area contributed by atoms with Crippen LogP contribution >= 0.6 is 11.6 Å². The van der Waals surface area contributed by atoms with Crippen LogP contribution in [0.3, 0.4) is 0 Å². The van der Waals surface area contributed by atoms with Crippen molar-refractivity contribution >= 4 is 17.5 Å². The van der Waals surface area contributed by atoms with E-state index >= 15 is 0 Å². The van der Waals surface area contributed by atoms with Crippen LogP contribution < -0.4 is 0 Å². The van der Waals surface area contributed by atoms with E-state index in [4.69, 9.17) is 11.6 Å². The lowest BCUT2D eigenvalue weighted by molar-refractivity contribution is -0.127. The SMILES string of the molecule is O=C1CC(Cl)CN1CCCN1CCC(O)CC1. The van der Waals surface area contributed by atoms with Gasteiger partial charge in [0.2, 0.25) is 5.91 Å². The van der Waals surface area contributed by atoms with Crippen molar-refractivity contribution in [3.63, 3.8) is 0 Å². The Labute approximate surface area is 108 Å². The number of piperidine rings is 1. The van der Waals surface area contributed by atoms with Crippen LogP contribution in [0.1, 0.15) is 25.7 Å². The van der Waals surface area contributed by atoms with E-state index in [1.165, 1.54) is 0 Å². The van der Waals surface area contributed by atoms with E-state index in [0.29, 0.717) is 13.0 Å². The van der Waals surface area contributed by atoms with Crippen LogP contribution in [0.25, 0.3) is 0 Å². The zero-order chi connectivity index (χ0) is 12.3. The van der Waals surface area contributed by atoms with E-state index in [0.717, 1.165) is 45.4 Å². The zero-order valence-electron chi connectivity index (χ0n) is 10.1. The number of carbonyl (C=O) groups excluding carboxylic acids is 1. The molecule has 1 N–H and O–H groups in total. The molecule has 4 nitrogen and oxygen atoms in total. The Morgan fingerprint density at radius 1 is 1.29 bits per heavy atom. The maximum Gasteiger partial charge on any atom is 0.224 e. The fourth-order valence-electron chi connectivity index (χ4n) is 2.57. The average molecular weight is 261 g/mol. The number of rotatable bonds is 4. The van der Waals surface area contributed by atoms with Gasteiger partial charge in [-0.2, -0.15) is 0 Å². The summed E-state index contributed by atoms with van der Waals surface area (Å²) in [6, 6.07) is 0. The summed E-state index contributed by atoms with van der Waals surface area (Å²) in [5.41, 5.74) is 0. The zero-order valence-corrected chi connectivity index (χ0v) is 10.9. The number of aliphatic hydroxyl groups is 1. The summed E-state index contributed by atoms with van der Waals surface area (Å²) in [7, 11) is 0. The molecule has 5 heteroatoms. The van der Waals surface area contributed by atoms with Gasteiger partial charge in [0.15, 0.2) is 0 Å². The second kappa shape index (κ2) is 6.03. The Bertz CT molecular complexity index is 267. The van der Waals surface area contributed by atoms with Crippen LogP contribution in [-0.2, 0) is 4.79 Å². The van der Waals surface area contributed by atoms with Crippen molar-refractivity contribution in [1.82, 2.24) is 9.80 Å². The second-order valence-corrected chi connectivity index (χ2v) is 5.68. The number of hydrogen-bond donors (Lipinski definition) is 1. The lowest BCUT2D eigenvalue weighted by Gasteiger charge is -2.29. The van der Waals surface area contributed by atoms with Gasteiger partial charge in [0.05, 0.1) is 11.5 Å². The van der Waals surface area contributed by atoms with E-state index in [-0.39, 0.29) is 17.4 Å². The minimum Gasteiger partial charge on any atom is -0.393 e. The van der Waals surface area contributed by atoms with Crippen molar-refractivity contribution in [3.05, 3.63) is 0 Å². The molecule has 2 fully saturated rings. The highest BCUT2D eigenvalue weighted by atomic mass is 35.5. The highest BCUT2D eigenvalue weighted by Crippen LogP contribution is 2.16. The summed E-state index contributed by atoms with van der Waals surface area (Å²) in [5, 5.41) is 9.40. The molecule has 0 aromatic rings. The summed E-state index contributed by atoms with van der Waals surface area (Å²) in [6.07, 6.45) is 3.16. The number of nitrogens with zero attached hydrogens (tertiary/aromatic N) is 2. The minimum absolute atomic E-state index is 0.00707. The third kappa shape index (κ3) is 3.83. The maximum atomic E-state index is 11.5. The van der Waals surface area contributed by atoms with Crippen LogP contribution in [0.4, 0.5) is 0 Å². The molecule has 0 aliphatic carbocycles. The standard InChI is InChI=1S/C12H21ClN2O2/c13-10-8-12(17)15(9-10)5-1-4-14-6-2-11(16)3-7-14/h10-11,16H,1-9H2. The largest absolute Gasteiger partial charge is 0.393 e. The molecule has 2 aliphatic rings. The highest BCUT2D eigenvalue weighted by Gasteiger charge is 2.27. The van der Waals surface area contributed by atoms with Gasteiger partial charge in [-0.15, -0.1) is 11.6 Å². The Morgan fingerprint density at radius 2 is 2.00 bits per heavy atom. The Morgan fingerprint density at radius 3 is 2.59 bits per heavy atom. The van der Waals surface area contributed by atoms with Gasteiger partial charge in [0, 0.05) is 32.6 Å². The van der Waals surface area contributed by atoms with Crippen LogP contribution in [-0.4, -0.2) is 65.0 Å². The molecule has 2 rings (SSSR count). The molecule has 2 aliphatic heterocycles. The molecule has 1 amide bonds. The lowest BCUT2D eigenvalue weighted by atomic mass is 10.1. The van der Waals surface area contributed by atoms with Crippen LogP contribution in [0.15, 0.2) is 0 Å². The second-order valence-electron chi connectivity index (χ2n) is 5.07. The molecule has 1 atom stereocenters. The highest BCUT2D eigenvalue weighted by molar-refractivity contribution is 6.22. The molecule has 0 spiro atoms. The number of aliphatic hydroxyl groups excluding tert-OH is 1. The van der Waals surface area contributed by atoms with Crippen molar-refractivity contribution in [2.75, 3.05) is 32.7 Å². The minimum atomic E-state index is -0.108. The quantitative estimate of drug-likeness (QED) is 0.756. The summed E-state index contributed by atoms with van der Waals surface area (Å²) in [6.45, 7) is 4.50. The van der Waals surface area contributed by atoms with Crippen LogP contribution in [0, 0.1) is 0 Å². The number of carbonyl (C=O) groups is 1. The first-order valence-electron chi connectivity index (χ1n) is 6.47. The van der Waals surface area contributed by atoms with Gasteiger partial charge in [0.25, 0.3) is 0 Å². The lowest BCUT2D eigenvalue weighted by Crippen LogP contribution is -2.37. The predicted molar refractivity (Wildman–Crippen MR) is 67.1 cm³/mol. The van der Waals surface area contributed by atoms with Crippen molar-refractivity contribution in [2.24, 2.45) is 0 Å². The molecular formula is C12H21ClN2O2. The molecule has 0 aromatic carbocycles. The normalized spacial score (nSPS) is 28.0. The monoisotopic (exact) mass is 260 g/mol. The smallest absolute Gasteiger partial charge is 0.224 e. The molecule has 0 bridgehead atoms. The van der Waals surface area contributed by atoms with Crippen LogP contribution in [0.5, 0.6) is 0 Å². The summed E-state index contributed by atoms with van der Waals surface area (Å²) in [5.74, 6) is 0.194. The molecular weight excluding hydrogens is 240 g/mol. The molecule has 17 heavy (non-hydrogen) atoms. The number of alkyl halides is 1. The summed E-state index contributed by atoms with van der Waals surface area (Å²) >= 11 is 5.94. The number of halogens is 1. The van der Waals surface area contributed by atoms with E-state index in [1.807, 2.05) is 4.90 Å². The molecule has 0 aromatic heterocycles. The Hall–Kier alpha value is -0.320. The van der Waals surface area contributed by atoms with Crippen molar-refractivity contribution in [3.8, 4) is 0 Å². The van der Waals surface area contributed by atoms with E-state index in [1.54, 1.807) is 0 Å². The number of likely N-dealkylation sites (tertiary alicyclic amines) is 2. The average Bonchev–Trinajstić information content (AvgIpc) is 2.60. The van der Waals surface area contributed by atoms with Gasteiger partial charge in [-0.25, -0.2) is 0 Å². The van der Waals surface area contributed by atoms with Gasteiger partial charge in [0.1, 0.15) is 0 Å². The summed E-state index contributed by atoms with van der Waals surface area (Å²) < 4.78 is 0. The molecule has 0 radical (unpaired) electrons. The van der Waals surface area contributed by atoms with Crippen molar-refractivity contribution in [1.29, 1.82) is 0 Å². The summed E-state index contributed by atoms with van der Waals surface area (Å²) in [4.78, 5) is 15.7. The van der Waals surface area contributed by atoms with Crippen molar-refractivity contribution in [2.45, 2.75) is 37.2 Å². The predicted octanol–water partition coefficient (Wildman–Crippen LogP) is 0.673. The molecule has 1 unspecified atom stereocenters. The Kier molecular flexibility index (Phi) is 4.65. The van der Waals surface area contributed by atoms with Gasteiger partial charge in [-0.3, -0.25) is 4.79 Å². The molecule has 0 saturated carbocycles. The molecule has 2 heterocycles. The fraction of sp³-hybridized carbons (Fsp3) is 0.917. The van der Waals surface area contributed by atoms with E-state index in [9.17, 15) is 9.90 Å². The number of amides is 1. The maximum absolute atomic E-state index is 11.5. The fourth-order valence-corrected chi connectivity index (χ4v) is 2.87. The topological polar surface area (TPSA) is 43.8 Å². The van der Waals surface area contributed by atoms with Crippen molar-refractivity contribution < 1.29 is 9.90 Å². The van der Waals surface area contributed by atoms with Gasteiger partial charge < -0.3 is 14.9 Å². The first-order chi connectivity index (χ1) is 8.15. The molecule has 98 valence electrons. The van der Waals surface area contributed by atoms with E-state index in [2.05, 4.69) is 4.90 Å². The van der Waals surface area contributed by atoms with Gasteiger partial charge >= 0.3 is 0 Å². The molecule has 2 saturated heterocycles. The third-order valence-corrected chi connectivity index (χ3v) is 3.92. The van der Waals surface area contributed by atoms with E-state index < -0.39 is 0 Å². The van der Waals surface area contributed by atoms with Gasteiger partial charge in [-0.1, -0.05) is 0 Å². The number of hydrogen-bond acceptors (Lipinski definition) is 3. The first kappa shape index (κ1) is 13.1. The Balaban J connectivity index is 1.61. The van der Waals surface area contributed by atoms with Gasteiger partial charge in [-0.05, 0) is 25.8 Å².